The van der Waals surface area contributed by atoms with E-state index in [0.717, 1.165) is 38.0 Å². The van der Waals surface area contributed by atoms with Crippen LogP contribution in [0.4, 0.5) is 0 Å². The molecule has 0 radical (unpaired) electrons. The number of benzene rings is 1. The van der Waals surface area contributed by atoms with Crippen molar-refractivity contribution in [2.75, 3.05) is 6.54 Å². The average Bonchev–Trinajstić information content (AvgIpc) is 2.97. The second-order valence-electron chi connectivity index (χ2n) is 5.42. The summed E-state index contributed by atoms with van der Waals surface area (Å²) in [5, 5.41) is 12.5. The lowest BCUT2D eigenvalue weighted by Gasteiger charge is -2.39. The van der Waals surface area contributed by atoms with E-state index in [2.05, 4.69) is 39.5 Å². The third-order valence-corrected chi connectivity index (χ3v) is 4.63. The summed E-state index contributed by atoms with van der Waals surface area (Å²) in [6.07, 6.45) is 2.65. The maximum Gasteiger partial charge on any atom is 0.0795 e. The minimum Gasteiger partial charge on any atom is -0.391 e. The maximum atomic E-state index is 10.4. The van der Waals surface area contributed by atoms with E-state index in [9.17, 15) is 5.11 Å². The van der Waals surface area contributed by atoms with E-state index in [1.807, 2.05) is 11.6 Å². The van der Waals surface area contributed by atoms with Crippen molar-refractivity contribution in [1.82, 2.24) is 9.88 Å². The fraction of sp³-hybridized carbons (Fsp3) is 0.438. The van der Waals surface area contributed by atoms with Crippen molar-refractivity contribution in [2.45, 2.75) is 38.0 Å². The molecule has 0 amide bonds. The molecule has 3 nitrogen and oxygen atoms in total. The van der Waals surface area contributed by atoms with Crippen LogP contribution in [0.1, 0.15) is 24.1 Å². The standard InChI is InChI=1S/C16H20N2OS/c19-16-7-4-8-18(10-14-11-20-12-17-14)15(16)9-13-5-2-1-3-6-13/h1-3,5-6,11-12,15-16,19H,4,7-10H2/t15-,16-/m0/s1. The van der Waals surface area contributed by atoms with Gasteiger partial charge in [0.1, 0.15) is 0 Å². The van der Waals surface area contributed by atoms with Crippen molar-refractivity contribution >= 4 is 11.3 Å². The molecule has 2 atom stereocenters. The number of piperidine rings is 1. The number of aliphatic hydroxyl groups is 1. The van der Waals surface area contributed by atoms with E-state index in [1.165, 1.54) is 5.56 Å². The van der Waals surface area contributed by atoms with Gasteiger partial charge in [-0.1, -0.05) is 30.3 Å². The summed E-state index contributed by atoms with van der Waals surface area (Å²) < 4.78 is 0. The van der Waals surface area contributed by atoms with Gasteiger partial charge in [0, 0.05) is 18.0 Å². The van der Waals surface area contributed by atoms with Crippen LogP contribution < -0.4 is 0 Å². The molecule has 1 aliphatic rings. The summed E-state index contributed by atoms with van der Waals surface area (Å²) in [7, 11) is 0. The molecule has 1 saturated heterocycles. The Bertz CT molecular complexity index is 515. The topological polar surface area (TPSA) is 36.4 Å². The first-order valence-electron chi connectivity index (χ1n) is 7.16. The Labute approximate surface area is 123 Å². The highest BCUT2D eigenvalue weighted by Crippen LogP contribution is 2.23. The molecule has 2 aromatic rings. The van der Waals surface area contributed by atoms with Gasteiger partial charge in [-0.25, -0.2) is 4.98 Å². The van der Waals surface area contributed by atoms with Gasteiger partial charge in [-0.15, -0.1) is 11.3 Å². The molecule has 2 heterocycles. The number of rotatable bonds is 4. The highest BCUT2D eigenvalue weighted by molar-refractivity contribution is 7.07. The lowest BCUT2D eigenvalue weighted by molar-refractivity contribution is 0.00623. The van der Waals surface area contributed by atoms with Gasteiger partial charge in [-0.3, -0.25) is 4.90 Å². The molecule has 1 fully saturated rings. The second-order valence-corrected chi connectivity index (χ2v) is 6.14. The molecule has 0 spiro atoms. The van der Waals surface area contributed by atoms with Gasteiger partial charge < -0.3 is 5.11 Å². The molecule has 0 unspecified atom stereocenters. The molecule has 0 bridgehead atoms. The van der Waals surface area contributed by atoms with Crippen LogP contribution in [-0.4, -0.2) is 33.7 Å². The zero-order valence-electron chi connectivity index (χ0n) is 11.5. The van der Waals surface area contributed by atoms with Crippen LogP contribution in [0.15, 0.2) is 41.2 Å². The van der Waals surface area contributed by atoms with E-state index in [1.54, 1.807) is 11.3 Å². The number of hydrogen-bond donors (Lipinski definition) is 1. The monoisotopic (exact) mass is 288 g/mol. The van der Waals surface area contributed by atoms with Gasteiger partial charge in [0.05, 0.1) is 17.3 Å². The van der Waals surface area contributed by atoms with Crippen molar-refractivity contribution in [1.29, 1.82) is 0 Å². The third-order valence-electron chi connectivity index (χ3n) is 3.99. The van der Waals surface area contributed by atoms with Crippen LogP contribution in [0.2, 0.25) is 0 Å². The SMILES string of the molecule is O[C@H]1CCCN(Cc2cscn2)[C@H]1Cc1ccccc1. The normalized spacial score (nSPS) is 23.9. The van der Waals surface area contributed by atoms with E-state index in [-0.39, 0.29) is 12.1 Å². The second kappa shape index (κ2) is 6.48. The average molecular weight is 288 g/mol. The van der Waals surface area contributed by atoms with Crippen molar-refractivity contribution in [3.63, 3.8) is 0 Å². The lowest BCUT2D eigenvalue weighted by Crippen LogP contribution is -2.48. The Kier molecular flexibility index (Phi) is 4.45. The maximum absolute atomic E-state index is 10.4. The summed E-state index contributed by atoms with van der Waals surface area (Å²) in [6.45, 7) is 1.89. The predicted octanol–water partition coefficient (Wildman–Crippen LogP) is 2.71. The molecule has 20 heavy (non-hydrogen) atoms. The number of aromatic nitrogens is 1. The first-order valence-corrected chi connectivity index (χ1v) is 8.10. The van der Waals surface area contributed by atoms with Crippen LogP contribution in [-0.2, 0) is 13.0 Å². The van der Waals surface area contributed by atoms with E-state index >= 15 is 0 Å². The van der Waals surface area contributed by atoms with Crippen LogP contribution in [0.25, 0.3) is 0 Å². The van der Waals surface area contributed by atoms with Crippen LogP contribution >= 0.6 is 11.3 Å². The van der Waals surface area contributed by atoms with E-state index in [4.69, 9.17) is 0 Å². The largest absolute Gasteiger partial charge is 0.391 e. The molecule has 1 aromatic carbocycles. The van der Waals surface area contributed by atoms with E-state index < -0.39 is 0 Å². The van der Waals surface area contributed by atoms with Gasteiger partial charge in [-0.05, 0) is 31.4 Å². The number of aliphatic hydroxyl groups excluding tert-OH is 1. The van der Waals surface area contributed by atoms with Gasteiger partial charge in [-0.2, -0.15) is 0 Å². The van der Waals surface area contributed by atoms with Crippen LogP contribution in [0, 0.1) is 0 Å². The summed E-state index contributed by atoms with van der Waals surface area (Å²) >= 11 is 1.63. The Morgan fingerprint density at radius 3 is 2.90 bits per heavy atom. The van der Waals surface area contributed by atoms with Gasteiger partial charge in [0.2, 0.25) is 0 Å². The number of thiazole rings is 1. The van der Waals surface area contributed by atoms with Gasteiger partial charge in [0.15, 0.2) is 0 Å². The van der Waals surface area contributed by atoms with Crippen LogP contribution in [0.3, 0.4) is 0 Å². The third kappa shape index (κ3) is 3.26. The smallest absolute Gasteiger partial charge is 0.0795 e. The molecule has 0 aliphatic carbocycles. The fourth-order valence-corrected chi connectivity index (χ4v) is 3.50. The highest BCUT2D eigenvalue weighted by atomic mass is 32.1. The van der Waals surface area contributed by atoms with Crippen molar-refractivity contribution in [3.05, 3.63) is 52.5 Å². The first-order chi connectivity index (χ1) is 9.83. The Morgan fingerprint density at radius 2 is 2.15 bits per heavy atom. The minimum atomic E-state index is -0.234. The molecule has 3 rings (SSSR count). The molecule has 0 saturated carbocycles. The zero-order chi connectivity index (χ0) is 13.8. The molecular formula is C16H20N2OS. The first kappa shape index (κ1) is 13.7. The Morgan fingerprint density at radius 1 is 1.30 bits per heavy atom. The lowest BCUT2D eigenvalue weighted by atomic mass is 9.93. The zero-order valence-corrected chi connectivity index (χ0v) is 12.3. The summed E-state index contributed by atoms with van der Waals surface area (Å²) in [5.74, 6) is 0. The minimum absolute atomic E-state index is 0.202. The quantitative estimate of drug-likeness (QED) is 0.940. The molecule has 1 aliphatic heterocycles. The van der Waals surface area contributed by atoms with Crippen LogP contribution in [0.5, 0.6) is 0 Å². The van der Waals surface area contributed by atoms with Gasteiger partial charge in [0.25, 0.3) is 0 Å². The molecule has 4 heteroatoms. The van der Waals surface area contributed by atoms with Crippen molar-refractivity contribution < 1.29 is 5.11 Å². The van der Waals surface area contributed by atoms with Crippen molar-refractivity contribution in [2.24, 2.45) is 0 Å². The molecular weight excluding hydrogens is 268 g/mol. The molecule has 1 N–H and O–H groups in total. The summed E-state index contributed by atoms with van der Waals surface area (Å²) in [6, 6.07) is 10.6. The number of likely N-dealkylation sites (tertiary alicyclic amines) is 1. The van der Waals surface area contributed by atoms with Crippen molar-refractivity contribution in [3.8, 4) is 0 Å². The number of nitrogens with zero attached hydrogens (tertiary/aromatic N) is 2. The number of hydrogen-bond acceptors (Lipinski definition) is 4. The molecule has 106 valence electrons. The summed E-state index contributed by atoms with van der Waals surface area (Å²) in [5.41, 5.74) is 4.28. The molecule has 1 aromatic heterocycles. The highest BCUT2D eigenvalue weighted by Gasteiger charge is 2.30. The van der Waals surface area contributed by atoms with Gasteiger partial charge >= 0.3 is 0 Å². The Hall–Kier alpha value is -1.23. The fourth-order valence-electron chi connectivity index (χ4n) is 2.95. The Balaban J connectivity index is 1.73. The predicted molar refractivity (Wildman–Crippen MR) is 81.7 cm³/mol. The summed E-state index contributed by atoms with van der Waals surface area (Å²) in [4.78, 5) is 6.76. The van der Waals surface area contributed by atoms with E-state index in [0.29, 0.717) is 0 Å².